The molecular formula is C14H29O2. The van der Waals surface area contributed by atoms with Gasteiger partial charge in [0.25, 0.3) is 0 Å². The van der Waals surface area contributed by atoms with Gasteiger partial charge in [-0.25, -0.2) is 0 Å². The molecule has 0 amide bonds. The highest BCUT2D eigenvalue weighted by Gasteiger charge is 1.93. The summed E-state index contributed by atoms with van der Waals surface area (Å²) in [5.74, 6) is 0. The summed E-state index contributed by atoms with van der Waals surface area (Å²) in [6.07, 6.45) is 15.6. The molecule has 0 spiro atoms. The van der Waals surface area contributed by atoms with Crippen LogP contribution in [0.2, 0.25) is 0 Å². The van der Waals surface area contributed by atoms with Crippen molar-refractivity contribution in [2.24, 2.45) is 0 Å². The molecule has 16 heavy (non-hydrogen) atoms. The molecule has 2 N–H and O–H groups in total. The maximum Gasteiger partial charge on any atom is 0.0431 e. The molecule has 0 aromatic heterocycles. The first-order valence-corrected chi connectivity index (χ1v) is 6.95. The Hall–Kier alpha value is -0.0800. The lowest BCUT2D eigenvalue weighted by Crippen LogP contribution is -1.86. The molecule has 0 unspecified atom stereocenters. The predicted molar refractivity (Wildman–Crippen MR) is 69.3 cm³/mol. The van der Waals surface area contributed by atoms with Crippen LogP contribution in [0, 0.1) is 6.42 Å². The van der Waals surface area contributed by atoms with Crippen LogP contribution < -0.4 is 0 Å². The Morgan fingerprint density at radius 1 is 0.500 bits per heavy atom. The van der Waals surface area contributed by atoms with Crippen molar-refractivity contribution in [3.05, 3.63) is 6.42 Å². The Labute approximate surface area is 101 Å². The molecule has 97 valence electrons. The molecule has 1 radical (unpaired) electrons. The van der Waals surface area contributed by atoms with Crippen LogP contribution in [0.25, 0.3) is 0 Å². The van der Waals surface area contributed by atoms with E-state index in [1.807, 2.05) is 0 Å². The summed E-state index contributed by atoms with van der Waals surface area (Å²) in [6, 6.07) is 0. The van der Waals surface area contributed by atoms with E-state index < -0.39 is 0 Å². The van der Waals surface area contributed by atoms with E-state index in [1.54, 1.807) is 0 Å². The van der Waals surface area contributed by atoms with Crippen LogP contribution in [0.15, 0.2) is 0 Å². The Balaban J connectivity index is 2.83. The molecule has 0 heterocycles. The smallest absolute Gasteiger partial charge is 0.0431 e. The molecule has 0 aromatic carbocycles. The number of unbranched alkanes of at least 4 members (excludes halogenated alkanes) is 11. The molecule has 0 aliphatic heterocycles. The number of hydrogen-bond donors (Lipinski definition) is 2. The fourth-order valence-electron chi connectivity index (χ4n) is 1.83. The van der Waals surface area contributed by atoms with Gasteiger partial charge in [0.15, 0.2) is 0 Å². The molecule has 0 atom stereocenters. The van der Waals surface area contributed by atoms with E-state index in [0.717, 1.165) is 12.8 Å². The van der Waals surface area contributed by atoms with Gasteiger partial charge in [-0.05, 0) is 19.3 Å². The number of hydrogen-bond acceptors (Lipinski definition) is 2. The van der Waals surface area contributed by atoms with Crippen molar-refractivity contribution in [1.29, 1.82) is 0 Å². The second-order valence-corrected chi connectivity index (χ2v) is 4.50. The van der Waals surface area contributed by atoms with Gasteiger partial charge >= 0.3 is 0 Å². The normalized spacial score (nSPS) is 10.9. The summed E-state index contributed by atoms with van der Waals surface area (Å²) in [4.78, 5) is 0. The number of aliphatic hydroxyl groups is 2. The van der Waals surface area contributed by atoms with E-state index in [4.69, 9.17) is 10.2 Å². The maximum atomic E-state index is 8.61. The molecular weight excluding hydrogens is 200 g/mol. The molecule has 0 rings (SSSR count). The van der Waals surface area contributed by atoms with E-state index in [-0.39, 0.29) is 0 Å². The SMILES string of the molecule is OCCCCCC[CH]CCCCCCCO. The summed E-state index contributed by atoms with van der Waals surface area (Å²) in [5.41, 5.74) is 0. The zero-order valence-corrected chi connectivity index (χ0v) is 10.7. The van der Waals surface area contributed by atoms with Crippen molar-refractivity contribution in [3.63, 3.8) is 0 Å². The third kappa shape index (κ3) is 13.9. The first-order valence-electron chi connectivity index (χ1n) is 6.95. The van der Waals surface area contributed by atoms with E-state index in [9.17, 15) is 0 Å². The second kappa shape index (κ2) is 14.9. The van der Waals surface area contributed by atoms with Crippen molar-refractivity contribution in [1.82, 2.24) is 0 Å². The maximum absolute atomic E-state index is 8.61. The Bertz CT molecular complexity index is 101. The number of aliphatic hydroxyl groups excluding tert-OH is 2. The van der Waals surface area contributed by atoms with Crippen LogP contribution >= 0.6 is 0 Å². The van der Waals surface area contributed by atoms with Crippen molar-refractivity contribution in [2.75, 3.05) is 13.2 Å². The van der Waals surface area contributed by atoms with E-state index >= 15 is 0 Å². The van der Waals surface area contributed by atoms with Gasteiger partial charge < -0.3 is 10.2 Å². The minimum atomic E-state index is 0.345. The fourth-order valence-corrected chi connectivity index (χ4v) is 1.83. The average molecular weight is 229 g/mol. The molecule has 2 nitrogen and oxygen atoms in total. The fraction of sp³-hybridized carbons (Fsp3) is 0.929. The van der Waals surface area contributed by atoms with Crippen LogP contribution in [0.1, 0.15) is 70.6 Å². The van der Waals surface area contributed by atoms with Gasteiger partial charge in [-0.3, -0.25) is 0 Å². The summed E-state index contributed by atoms with van der Waals surface area (Å²) in [5, 5.41) is 17.2. The van der Waals surface area contributed by atoms with E-state index in [1.165, 1.54) is 57.8 Å². The van der Waals surface area contributed by atoms with Crippen LogP contribution in [-0.2, 0) is 0 Å². The van der Waals surface area contributed by atoms with Gasteiger partial charge in [-0.15, -0.1) is 0 Å². The molecule has 0 saturated carbocycles. The van der Waals surface area contributed by atoms with Crippen molar-refractivity contribution >= 4 is 0 Å². The summed E-state index contributed by atoms with van der Waals surface area (Å²) in [7, 11) is 0. The van der Waals surface area contributed by atoms with Gasteiger partial charge in [0.1, 0.15) is 0 Å². The minimum Gasteiger partial charge on any atom is -0.396 e. The first kappa shape index (κ1) is 15.9. The van der Waals surface area contributed by atoms with Crippen molar-refractivity contribution in [2.45, 2.75) is 70.6 Å². The summed E-state index contributed by atoms with van der Waals surface area (Å²) in [6.45, 7) is 0.692. The topological polar surface area (TPSA) is 40.5 Å². The summed E-state index contributed by atoms with van der Waals surface area (Å²) < 4.78 is 0. The largest absolute Gasteiger partial charge is 0.396 e. The predicted octanol–water partition coefficient (Wildman–Crippen LogP) is 3.47. The molecule has 0 saturated heterocycles. The highest BCUT2D eigenvalue weighted by Crippen LogP contribution is 2.10. The third-order valence-electron chi connectivity index (χ3n) is 2.88. The zero-order chi connectivity index (χ0) is 11.9. The lowest BCUT2D eigenvalue weighted by molar-refractivity contribution is 0.282. The molecule has 0 aliphatic carbocycles. The monoisotopic (exact) mass is 229 g/mol. The lowest BCUT2D eigenvalue weighted by atomic mass is 10.1. The molecule has 0 fully saturated rings. The van der Waals surface area contributed by atoms with Gasteiger partial charge in [0.2, 0.25) is 0 Å². The summed E-state index contributed by atoms with van der Waals surface area (Å²) >= 11 is 0. The van der Waals surface area contributed by atoms with E-state index in [0.29, 0.717) is 13.2 Å². The minimum absolute atomic E-state index is 0.345. The Morgan fingerprint density at radius 3 is 1.31 bits per heavy atom. The Morgan fingerprint density at radius 2 is 0.875 bits per heavy atom. The highest BCUT2D eigenvalue weighted by atomic mass is 16.3. The van der Waals surface area contributed by atoms with Crippen molar-refractivity contribution in [3.8, 4) is 0 Å². The second-order valence-electron chi connectivity index (χ2n) is 4.50. The van der Waals surface area contributed by atoms with Gasteiger partial charge in [-0.2, -0.15) is 0 Å². The number of rotatable bonds is 13. The third-order valence-corrected chi connectivity index (χ3v) is 2.88. The molecule has 0 aromatic rings. The zero-order valence-electron chi connectivity index (χ0n) is 10.7. The van der Waals surface area contributed by atoms with Crippen LogP contribution in [0.3, 0.4) is 0 Å². The van der Waals surface area contributed by atoms with Gasteiger partial charge in [0, 0.05) is 13.2 Å². The highest BCUT2D eigenvalue weighted by molar-refractivity contribution is 4.64. The Kier molecular flexibility index (Phi) is 14.8. The average Bonchev–Trinajstić information content (AvgIpc) is 2.31. The van der Waals surface area contributed by atoms with Crippen LogP contribution in [-0.4, -0.2) is 23.4 Å². The first-order chi connectivity index (χ1) is 7.91. The van der Waals surface area contributed by atoms with Gasteiger partial charge in [0.05, 0.1) is 0 Å². The van der Waals surface area contributed by atoms with Crippen LogP contribution in [0.4, 0.5) is 0 Å². The van der Waals surface area contributed by atoms with Crippen LogP contribution in [0.5, 0.6) is 0 Å². The standard InChI is InChI=1S/C14H29O2/c15-13-11-9-7-5-3-1-2-4-6-8-10-12-14-16/h1,15-16H,2-14H2. The molecule has 0 bridgehead atoms. The molecule has 0 aliphatic rings. The van der Waals surface area contributed by atoms with Crippen molar-refractivity contribution < 1.29 is 10.2 Å². The van der Waals surface area contributed by atoms with E-state index in [2.05, 4.69) is 6.42 Å². The lowest BCUT2D eigenvalue weighted by Gasteiger charge is -2.01. The van der Waals surface area contributed by atoms with Gasteiger partial charge in [-0.1, -0.05) is 57.8 Å². The quantitative estimate of drug-likeness (QED) is 0.475. The molecule has 2 heteroatoms.